The van der Waals surface area contributed by atoms with E-state index in [2.05, 4.69) is 0 Å². The number of nitrogens with zero attached hydrogens (tertiary/aromatic N) is 1. The Kier molecular flexibility index (Phi) is 6.97. The summed E-state index contributed by atoms with van der Waals surface area (Å²) >= 11 is 1.64. The van der Waals surface area contributed by atoms with Crippen molar-refractivity contribution < 1.29 is 35.9 Å². The summed E-state index contributed by atoms with van der Waals surface area (Å²) in [7, 11) is 0. The molecule has 4 fully saturated rings. The Morgan fingerprint density at radius 3 is 2.32 bits per heavy atom. The lowest BCUT2D eigenvalue weighted by Gasteiger charge is -2.53. The second-order valence-corrected chi connectivity index (χ2v) is 10.5. The largest absolute Gasteiger partial charge is 1.00 e. The average molecular weight is 504 g/mol. The normalized spacial score (nSPS) is 28.2. The van der Waals surface area contributed by atoms with E-state index in [1.54, 1.807) is 11.3 Å². The monoisotopic (exact) mass is 503 g/mol. The van der Waals surface area contributed by atoms with Crippen LogP contribution >= 0.6 is 11.3 Å². The predicted molar refractivity (Wildman–Crippen MR) is 115 cm³/mol. The van der Waals surface area contributed by atoms with Gasteiger partial charge >= 0.3 is 5.97 Å². The van der Waals surface area contributed by atoms with Gasteiger partial charge < -0.3 is 21.7 Å². The van der Waals surface area contributed by atoms with Crippen LogP contribution in [0.1, 0.15) is 53.0 Å². The first-order valence-electron chi connectivity index (χ1n) is 11.3. The van der Waals surface area contributed by atoms with Crippen LogP contribution in [0.2, 0.25) is 0 Å². The van der Waals surface area contributed by atoms with Gasteiger partial charge in [0.15, 0.2) is 5.69 Å². The number of ether oxygens (including phenoxy) is 1. The molecule has 4 bridgehead atoms. The van der Waals surface area contributed by atoms with Crippen LogP contribution in [0.4, 0.5) is 0 Å². The van der Waals surface area contributed by atoms with Gasteiger partial charge in [-0.05, 0) is 55.8 Å². The Hall–Kier alpha value is -1.53. The Bertz CT molecular complexity index is 913. The van der Waals surface area contributed by atoms with E-state index in [1.807, 2.05) is 47.3 Å². The van der Waals surface area contributed by atoms with Crippen molar-refractivity contribution in [3.63, 3.8) is 0 Å². The zero-order valence-electron chi connectivity index (χ0n) is 18.0. The van der Waals surface area contributed by atoms with Gasteiger partial charge in [-0.3, -0.25) is 9.59 Å². The molecule has 1 aromatic carbocycles. The maximum Gasteiger partial charge on any atom is 0.309 e. The summed E-state index contributed by atoms with van der Waals surface area (Å²) in [6.45, 7) is 2.83. The minimum atomic E-state index is 0. The van der Waals surface area contributed by atoms with Crippen molar-refractivity contribution in [3.8, 4) is 0 Å². The number of hydrogen-bond acceptors (Lipinski definition) is 4. The molecular weight excluding hydrogens is 474 g/mol. The molecule has 0 amide bonds. The quantitative estimate of drug-likeness (QED) is 0.326. The van der Waals surface area contributed by atoms with Crippen LogP contribution in [0.5, 0.6) is 0 Å². The maximum atomic E-state index is 12.8. The molecule has 6 heteroatoms. The van der Waals surface area contributed by atoms with E-state index in [-0.39, 0.29) is 34.7 Å². The average Bonchev–Trinajstić information content (AvgIpc) is 3.07. The molecule has 4 aliphatic rings. The third-order valence-corrected chi connectivity index (χ3v) is 8.78. The molecule has 166 valence electrons. The van der Waals surface area contributed by atoms with Gasteiger partial charge in [-0.2, -0.15) is 4.57 Å². The predicted octanol–water partition coefficient (Wildman–Crippen LogP) is 1.39. The van der Waals surface area contributed by atoms with Gasteiger partial charge in [-0.1, -0.05) is 41.7 Å². The molecule has 0 atom stereocenters. The van der Waals surface area contributed by atoms with Crippen LogP contribution in [-0.4, -0.2) is 18.4 Å². The maximum absolute atomic E-state index is 12.8. The van der Waals surface area contributed by atoms with Crippen molar-refractivity contribution in [1.82, 2.24) is 0 Å². The number of carbonyl (C=O) groups excluding carboxylic acids is 2. The number of aromatic nitrogens is 1. The second-order valence-electron chi connectivity index (χ2n) is 9.52. The molecule has 31 heavy (non-hydrogen) atoms. The van der Waals surface area contributed by atoms with E-state index in [0.29, 0.717) is 25.0 Å². The molecule has 2 aromatic rings. The van der Waals surface area contributed by atoms with Crippen molar-refractivity contribution >= 4 is 23.1 Å². The van der Waals surface area contributed by atoms with Gasteiger partial charge in [-0.25, -0.2) is 0 Å². The first kappa shape index (κ1) is 22.7. The van der Waals surface area contributed by atoms with Crippen molar-refractivity contribution in [2.45, 2.75) is 52.0 Å². The topological polar surface area (TPSA) is 47.2 Å². The molecule has 0 N–H and O–H groups in total. The number of esters is 1. The smallest absolute Gasteiger partial charge is 0.309 e. The third kappa shape index (κ3) is 4.65. The number of ketones is 1. The van der Waals surface area contributed by atoms with Gasteiger partial charge in [0.2, 0.25) is 17.8 Å². The Labute approximate surface area is 198 Å². The number of thiazole rings is 1. The second kappa shape index (κ2) is 9.53. The Balaban J connectivity index is 0.00000231. The highest BCUT2D eigenvalue weighted by molar-refractivity contribution is 7.09. The molecule has 0 spiro atoms. The summed E-state index contributed by atoms with van der Waals surface area (Å²) in [6.07, 6.45) is 7.10. The molecule has 1 aromatic heterocycles. The highest BCUT2D eigenvalue weighted by Crippen LogP contribution is 2.56. The first-order valence-corrected chi connectivity index (χ1v) is 12.2. The molecule has 0 radical (unpaired) electrons. The number of rotatable bonds is 7. The fourth-order valence-electron chi connectivity index (χ4n) is 6.37. The summed E-state index contributed by atoms with van der Waals surface area (Å²) in [4.78, 5) is 26.5. The lowest BCUT2D eigenvalue weighted by Crippen LogP contribution is -3.00. The van der Waals surface area contributed by atoms with E-state index >= 15 is 0 Å². The van der Waals surface area contributed by atoms with Crippen LogP contribution < -0.4 is 21.5 Å². The molecule has 6 rings (SSSR count). The number of carbonyl (C=O) groups is 2. The van der Waals surface area contributed by atoms with Crippen molar-refractivity contribution in [2.75, 3.05) is 6.61 Å². The highest BCUT2D eigenvalue weighted by Gasteiger charge is 2.51. The van der Waals surface area contributed by atoms with Crippen LogP contribution in [0.25, 0.3) is 0 Å². The van der Waals surface area contributed by atoms with E-state index in [9.17, 15) is 9.59 Å². The van der Waals surface area contributed by atoms with Crippen LogP contribution in [0.3, 0.4) is 0 Å². The van der Waals surface area contributed by atoms with Gasteiger partial charge in [0.1, 0.15) is 0 Å². The lowest BCUT2D eigenvalue weighted by molar-refractivity contribution is -0.684. The van der Waals surface area contributed by atoms with Crippen molar-refractivity contribution in [2.24, 2.45) is 29.6 Å². The van der Waals surface area contributed by atoms with E-state index in [1.165, 1.54) is 37.0 Å². The zero-order valence-corrected chi connectivity index (χ0v) is 20.4. The Morgan fingerprint density at radius 1 is 1.03 bits per heavy atom. The summed E-state index contributed by atoms with van der Waals surface area (Å²) in [5.41, 5.74) is 3.84. The molecule has 0 aliphatic heterocycles. The SMILES string of the molecule is Cc1c(CCOC(=O)C2C3CC4CC(C3)CC2C4)sc[n+]1CC(=O)c1ccccc1.[Br-]. The van der Waals surface area contributed by atoms with Crippen LogP contribution in [0, 0.1) is 36.5 Å². The molecule has 4 saturated carbocycles. The third-order valence-electron chi connectivity index (χ3n) is 7.64. The van der Waals surface area contributed by atoms with Gasteiger partial charge in [0.05, 0.1) is 17.4 Å². The molecule has 4 nitrogen and oxygen atoms in total. The summed E-state index contributed by atoms with van der Waals surface area (Å²) in [5.74, 6) is 3.20. The number of hydrogen-bond donors (Lipinski definition) is 0. The number of halogens is 1. The van der Waals surface area contributed by atoms with Gasteiger partial charge in [0, 0.05) is 18.9 Å². The fourth-order valence-corrected chi connectivity index (χ4v) is 7.34. The van der Waals surface area contributed by atoms with Crippen molar-refractivity contribution in [1.29, 1.82) is 0 Å². The lowest BCUT2D eigenvalue weighted by atomic mass is 9.52. The van der Waals surface area contributed by atoms with Crippen LogP contribution in [0.15, 0.2) is 35.8 Å². The molecule has 1 heterocycles. The van der Waals surface area contributed by atoms with Crippen LogP contribution in [-0.2, 0) is 22.5 Å². The summed E-state index contributed by atoms with van der Waals surface area (Å²) in [5, 5.41) is 0. The summed E-state index contributed by atoms with van der Waals surface area (Å²) in [6, 6.07) is 9.41. The number of benzene rings is 1. The molecule has 0 saturated heterocycles. The van der Waals surface area contributed by atoms with E-state index in [0.717, 1.165) is 29.5 Å². The fraction of sp³-hybridized carbons (Fsp3) is 0.560. The highest BCUT2D eigenvalue weighted by atomic mass is 79.9. The molecule has 4 aliphatic carbocycles. The first-order chi connectivity index (χ1) is 14.6. The van der Waals surface area contributed by atoms with Gasteiger partial charge in [0.25, 0.3) is 0 Å². The minimum absolute atomic E-state index is 0. The standard InChI is InChI=1S/C25H30NO3S.BrH/c1-16-23(30-15-26(16)14-22(27)19-5-3-2-4-6-19)7-8-29-25(28)24-20-10-17-9-18(12-20)13-21(24)11-17;/h2-6,15,17-18,20-21,24H,7-14H2,1H3;1H/q+1;/p-1. The van der Waals surface area contributed by atoms with Gasteiger partial charge in [-0.15, -0.1) is 0 Å². The van der Waals surface area contributed by atoms with Crippen molar-refractivity contribution in [3.05, 3.63) is 52.0 Å². The Morgan fingerprint density at radius 2 is 1.68 bits per heavy atom. The minimum Gasteiger partial charge on any atom is -1.00 e. The molecular formula is C25H30BrNO3S. The van der Waals surface area contributed by atoms with E-state index < -0.39 is 0 Å². The van der Waals surface area contributed by atoms with E-state index in [4.69, 9.17) is 4.74 Å². The number of Topliss-reactive ketones (excluding diaryl/α,β-unsaturated/α-hetero) is 1. The summed E-state index contributed by atoms with van der Waals surface area (Å²) < 4.78 is 7.79. The molecule has 0 unspecified atom stereocenters. The zero-order chi connectivity index (χ0) is 20.7.